The van der Waals surface area contributed by atoms with E-state index in [-0.39, 0.29) is 5.91 Å². The number of carbonyl (C=O) groups is 1. The molecule has 6 heteroatoms. The number of halogens is 3. The molecule has 0 aliphatic carbocycles. The van der Waals surface area contributed by atoms with E-state index >= 15 is 0 Å². The third-order valence-electron chi connectivity index (χ3n) is 3.59. The van der Waals surface area contributed by atoms with Crippen LogP contribution in [0.2, 0.25) is 15.1 Å². The molecule has 0 heterocycles. The van der Waals surface area contributed by atoms with Crippen molar-refractivity contribution in [3.8, 4) is 5.75 Å². The monoisotopic (exact) mass is 405 g/mol. The topological polar surface area (TPSA) is 38.3 Å². The maximum Gasteiger partial charge on any atom is 0.255 e. The summed E-state index contributed by atoms with van der Waals surface area (Å²) in [6.45, 7) is 0.319. The van der Waals surface area contributed by atoms with Crippen molar-refractivity contribution < 1.29 is 9.53 Å². The molecule has 0 aliphatic rings. The minimum atomic E-state index is -0.229. The Labute approximate surface area is 166 Å². The van der Waals surface area contributed by atoms with Crippen molar-refractivity contribution in [3.05, 3.63) is 92.9 Å². The summed E-state index contributed by atoms with van der Waals surface area (Å²) in [5, 5.41) is 4.40. The molecular weight excluding hydrogens is 393 g/mol. The number of rotatable bonds is 5. The Bertz CT molecular complexity index is 927. The second-order valence-electron chi connectivity index (χ2n) is 5.53. The van der Waals surface area contributed by atoms with Crippen LogP contribution in [-0.2, 0) is 6.61 Å². The summed E-state index contributed by atoms with van der Waals surface area (Å²) in [4.78, 5) is 12.4. The highest BCUT2D eigenvalue weighted by atomic mass is 35.5. The molecule has 0 spiro atoms. The Balaban J connectivity index is 1.66. The zero-order valence-corrected chi connectivity index (χ0v) is 15.8. The summed E-state index contributed by atoms with van der Waals surface area (Å²) in [7, 11) is 0. The first-order valence-electron chi connectivity index (χ1n) is 7.75. The zero-order chi connectivity index (χ0) is 18.5. The lowest BCUT2D eigenvalue weighted by atomic mass is 10.2. The molecular formula is C20H14Cl3NO2. The summed E-state index contributed by atoms with van der Waals surface area (Å²) >= 11 is 17.7. The van der Waals surface area contributed by atoms with Crippen molar-refractivity contribution in [3.63, 3.8) is 0 Å². The molecule has 3 aromatic carbocycles. The van der Waals surface area contributed by atoms with Crippen LogP contribution in [-0.4, -0.2) is 5.91 Å². The Hall–Kier alpha value is -2.20. The van der Waals surface area contributed by atoms with E-state index < -0.39 is 0 Å². The van der Waals surface area contributed by atoms with E-state index in [0.717, 1.165) is 5.56 Å². The predicted octanol–water partition coefficient (Wildman–Crippen LogP) is 6.48. The molecule has 0 bridgehead atoms. The normalized spacial score (nSPS) is 10.4. The molecule has 0 unspecified atom stereocenters. The fourth-order valence-corrected chi connectivity index (χ4v) is 2.71. The zero-order valence-electron chi connectivity index (χ0n) is 13.5. The van der Waals surface area contributed by atoms with Crippen molar-refractivity contribution in [2.24, 2.45) is 0 Å². The van der Waals surface area contributed by atoms with E-state index in [2.05, 4.69) is 5.32 Å². The van der Waals surface area contributed by atoms with E-state index in [4.69, 9.17) is 39.5 Å². The summed E-state index contributed by atoms with van der Waals surface area (Å²) in [6.07, 6.45) is 0. The number of anilines is 1. The minimum Gasteiger partial charge on any atom is -0.489 e. The van der Waals surface area contributed by atoms with E-state index in [1.165, 1.54) is 0 Å². The van der Waals surface area contributed by atoms with Crippen LogP contribution in [0.1, 0.15) is 15.9 Å². The molecule has 0 saturated carbocycles. The van der Waals surface area contributed by atoms with Crippen LogP contribution < -0.4 is 10.1 Å². The summed E-state index contributed by atoms with van der Waals surface area (Å²) in [5.74, 6) is 0.354. The van der Waals surface area contributed by atoms with Gasteiger partial charge in [0, 0.05) is 16.3 Å². The minimum absolute atomic E-state index is 0.229. The lowest BCUT2D eigenvalue weighted by Gasteiger charge is -2.09. The lowest BCUT2D eigenvalue weighted by Crippen LogP contribution is -2.11. The van der Waals surface area contributed by atoms with Crippen LogP contribution in [0.15, 0.2) is 66.7 Å². The first-order valence-corrected chi connectivity index (χ1v) is 8.88. The number of ether oxygens (including phenoxy) is 1. The summed E-state index contributed by atoms with van der Waals surface area (Å²) in [5.41, 5.74) is 2.04. The van der Waals surface area contributed by atoms with Crippen LogP contribution >= 0.6 is 34.8 Å². The fraction of sp³-hybridized carbons (Fsp3) is 0.0500. The molecule has 0 atom stereocenters. The van der Waals surface area contributed by atoms with Gasteiger partial charge in [-0.2, -0.15) is 0 Å². The smallest absolute Gasteiger partial charge is 0.255 e. The molecule has 0 radical (unpaired) electrons. The summed E-state index contributed by atoms with van der Waals surface area (Å²) < 4.78 is 5.74. The van der Waals surface area contributed by atoms with Gasteiger partial charge in [0.25, 0.3) is 5.91 Å². The van der Waals surface area contributed by atoms with E-state index in [1.54, 1.807) is 60.7 Å². The van der Waals surface area contributed by atoms with Crippen molar-refractivity contribution in [1.82, 2.24) is 0 Å². The highest BCUT2D eigenvalue weighted by Gasteiger charge is 2.08. The number of hydrogen-bond donors (Lipinski definition) is 1. The highest BCUT2D eigenvalue weighted by molar-refractivity contribution is 6.42. The molecule has 0 aliphatic heterocycles. The molecule has 3 nitrogen and oxygen atoms in total. The second-order valence-corrected chi connectivity index (χ2v) is 6.78. The van der Waals surface area contributed by atoms with E-state index in [0.29, 0.717) is 38.7 Å². The first kappa shape index (κ1) is 18.6. The molecule has 3 rings (SSSR count). The maximum atomic E-state index is 12.4. The average molecular weight is 407 g/mol. The summed E-state index contributed by atoms with van der Waals surface area (Å²) in [6, 6.07) is 19.2. The van der Waals surface area contributed by atoms with Gasteiger partial charge in [0.15, 0.2) is 0 Å². The van der Waals surface area contributed by atoms with Gasteiger partial charge in [0.1, 0.15) is 12.4 Å². The molecule has 1 amide bonds. The Kier molecular flexibility index (Phi) is 6.04. The molecule has 0 saturated heterocycles. The van der Waals surface area contributed by atoms with E-state index in [1.807, 2.05) is 6.07 Å². The van der Waals surface area contributed by atoms with Crippen LogP contribution in [0.4, 0.5) is 5.69 Å². The SMILES string of the molecule is O=C(Nc1ccc(Cl)cc1)c1cccc(OCc2ccc(Cl)c(Cl)c2)c1. The van der Waals surface area contributed by atoms with Gasteiger partial charge < -0.3 is 10.1 Å². The molecule has 3 aromatic rings. The van der Waals surface area contributed by atoms with Crippen LogP contribution in [0, 0.1) is 0 Å². The molecule has 0 fully saturated rings. The number of benzene rings is 3. The third-order valence-corrected chi connectivity index (χ3v) is 4.58. The Morgan fingerprint density at radius 2 is 1.65 bits per heavy atom. The quantitative estimate of drug-likeness (QED) is 0.526. The number of hydrogen-bond acceptors (Lipinski definition) is 2. The molecule has 0 aromatic heterocycles. The number of nitrogens with one attached hydrogen (secondary N) is 1. The van der Waals surface area contributed by atoms with Crippen LogP contribution in [0.25, 0.3) is 0 Å². The molecule has 1 N–H and O–H groups in total. The van der Waals surface area contributed by atoms with Gasteiger partial charge in [-0.1, -0.05) is 46.9 Å². The van der Waals surface area contributed by atoms with Crippen molar-refractivity contribution in [1.29, 1.82) is 0 Å². The predicted molar refractivity (Wildman–Crippen MR) is 107 cm³/mol. The van der Waals surface area contributed by atoms with Crippen LogP contribution in [0.3, 0.4) is 0 Å². The standard InChI is InChI=1S/C20H14Cl3NO2/c21-15-5-7-16(8-6-15)24-20(25)14-2-1-3-17(11-14)26-12-13-4-9-18(22)19(23)10-13/h1-11H,12H2,(H,24,25). The maximum absolute atomic E-state index is 12.4. The fourth-order valence-electron chi connectivity index (χ4n) is 2.26. The largest absolute Gasteiger partial charge is 0.489 e. The Morgan fingerprint density at radius 3 is 2.38 bits per heavy atom. The van der Waals surface area contributed by atoms with Gasteiger partial charge in [-0.05, 0) is 60.2 Å². The number of carbonyl (C=O) groups excluding carboxylic acids is 1. The second kappa shape index (κ2) is 8.45. The van der Waals surface area contributed by atoms with Gasteiger partial charge in [0.2, 0.25) is 0 Å². The van der Waals surface area contributed by atoms with Gasteiger partial charge in [-0.15, -0.1) is 0 Å². The highest BCUT2D eigenvalue weighted by Crippen LogP contribution is 2.24. The van der Waals surface area contributed by atoms with E-state index in [9.17, 15) is 4.79 Å². The lowest BCUT2D eigenvalue weighted by molar-refractivity contribution is 0.102. The van der Waals surface area contributed by atoms with Crippen molar-refractivity contribution in [2.75, 3.05) is 5.32 Å². The van der Waals surface area contributed by atoms with Crippen LogP contribution in [0.5, 0.6) is 5.75 Å². The van der Waals surface area contributed by atoms with Gasteiger partial charge in [0.05, 0.1) is 10.0 Å². The van der Waals surface area contributed by atoms with Crippen molar-refractivity contribution in [2.45, 2.75) is 6.61 Å². The van der Waals surface area contributed by atoms with Gasteiger partial charge >= 0.3 is 0 Å². The first-order chi connectivity index (χ1) is 12.5. The molecule has 132 valence electrons. The molecule has 26 heavy (non-hydrogen) atoms. The Morgan fingerprint density at radius 1 is 0.885 bits per heavy atom. The van der Waals surface area contributed by atoms with Gasteiger partial charge in [-0.3, -0.25) is 4.79 Å². The average Bonchev–Trinajstić information content (AvgIpc) is 2.65. The third kappa shape index (κ3) is 4.92. The van der Waals surface area contributed by atoms with Gasteiger partial charge in [-0.25, -0.2) is 0 Å². The van der Waals surface area contributed by atoms with Crippen molar-refractivity contribution >= 4 is 46.4 Å². The number of amides is 1.